The van der Waals surface area contributed by atoms with E-state index >= 15 is 0 Å². The average Bonchev–Trinajstić information content (AvgIpc) is 2.76. The number of ether oxygens (including phenoxy) is 1. The predicted octanol–water partition coefficient (Wildman–Crippen LogP) is 2.98. The normalized spacial score (nSPS) is 18.7. The molecule has 0 saturated carbocycles. The van der Waals surface area contributed by atoms with Gasteiger partial charge in [0.1, 0.15) is 0 Å². The summed E-state index contributed by atoms with van der Waals surface area (Å²) in [5.74, 6) is 0. The van der Waals surface area contributed by atoms with Crippen molar-refractivity contribution in [1.82, 2.24) is 5.32 Å². The number of rotatable bonds is 2. The Bertz CT molecular complexity index is 433. The van der Waals surface area contributed by atoms with Gasteiger partial charge in [-0.25, -0.2) is 4.79 Å². The van der Waals surface area contributed by atoms with E-state index in [1.165, 1.54) is 0 Å². The summed E-state index contributed by atoms with van der Waals surface area (Å²) in [7, 11) is 0. The zero-order valence-corrected chi connectivity index (χ0v) is 12.1. The topological polar surface area (TPSA) is 50.4 Å². The molecule has 0 radical (unpaired) electrons. The van der Waals surface area contributed by atoms with Crippen molar-refractivity contribution >= 4 is 27.6 Å². The van der Waals surface area contributed by atoms with Gasteiger partial charge >= 0.3 is 6.03 Å². The van der Waals surface area contributed by atoms with E-state index in [1.54, 1.807) is 0 Å². The van der Waals surface area contributed by atoms with E-state index in [0.717, 1.165) is 34.3 Å². The van der Waals surface area contributed by atoms with E-state index in [4.69, 9.17) is 4.74 Å². The van der Waals surface area contributed by atoms with Crippen LogP contribution in [0.25, 0.3) is 0 Å². The Morgan fingerprint density at radius 3 is 2.61 bits per heavy atom. The number of nitrogens with one attached hydrogen (secondary N) is 2. The average molecular weight is 313 g/mol. The maximum atomic E-state index is 11.9. The van der Waals surface area contributed by atoms with Crippen LogP contribution in [0.1, 0.15) is 17.5 Å². The van der Waals surface area contributed by atoms with Gasteiger partial charge in [-0.3, -0.25) is 0 Å². The molecule has 0 aromatic heterocycles. The molecule has 5 heteroatoms. The number of hydrogen-bond donors (Lipinski definition) is 2. The minimum atomic E-state index is -0.168. The molecule has 98 valence electrons. The molecule has 1 atom stereocenters. The van der Waals surface area contributed by atoms with Crippen molar-refractivity contribution < 1.29 is 9.53 Å². The lowest BCUT2D eigenvalue weighted by molar-refractivity contribution is 0.189. The van der Waals surface area contributed by atoms with Gasteiger partial charge in [-0.2, -0.15) is 0 Å². The van der Waals surface area contributed by atoms with E-state index in [-0.39, 0.29) is 12.1 Å². The molecule has 2 amide bonds. The van der Waals surface area contributed by atoms with Crippen LogP contribution in [0.4, 0.5) is 10.5 Å². The third-order valence-corrected chi connectivity index (χ3v) is 3.46. The Morgan fingerprint density at radius 2 is 2.06 bits per heavy atom. The molecule has 1 aliphatic rings. The fraction of sp³-hybridized carbons (Fsp3) is 0.462. The fourth-order valence-corrected chi connectivity index (χ4v) is 2.78. The monoisotopic (exact) mass is 312 g/mol. The van der Waals surface area contributed by atoms with Gasteiger partial charge in [0.05, 0.1) is 12.6 Å². The van der Waals surface area contributed by atoms with E-state index in [9.17, 15) is 4.79 Å². The SMILES string of the molecule is Cc1cc(Br)cc(C)c1NC(=O)NC1CCOC1. The van der Waals surface area contributed by atoms with Crippen molar-refractivity contribution in [3.8, 4) is 0 Å². The first-order valence-electron chi connectivity index (χ1n) is 5.98. The molecule has 2 N–H and O–H groups in total. The molecule has 0 aliphatic carbocycles. The second-order valence-electron chi connectivity index (χ2n) is 4.57. The van der Waals surface area contributed by atoms with Crippen LogP contribution < -0.4 is 10.6 Å². The summed E-state index contributed by atoms with van der Waals surface area (Å²) in [6.07, 6.45) is 0.881. The maximum Gasteiger partial charge on any atom is 0.319 e. The molecule has 0 spiro atoms. The smallest absolute Gasteiger partial charge is 0.319 e. The zero-order valence-electron chi connectivity index (χ0n) is 10.5. The Morgan fingerprint density at radius 1 is 1.39 bits per heavy atom. The molecule has 1 fully saturated rings. The number of amides is 2. The van der Waals surface area contributed by atoms with Crippen LogP contribution in [0, 0.1) is 13.8 Å². The van der Waals surface area contributed by atoms with Gasteiger partial charge in [-0.15, -0.1) is 0 Å². The Hall–Kier alpha value is -1.07. The van der Waals surface area contributed by atoms with Crippen LogP contribution in [0.3, 0.4) is 0 Å². The molecule has 1 heterocycles. The van der Waals surface area contributed by atoms with Gasteiger partial charge in [0.15, 0.2) is 0 Å². The largest absolute Gasteiger partial charge is 0.379 e. The van der Waals surface area contributed by atoms with Crippen LogP contribution in [-0.2, 0) is 4.74 Å². The Labute approximate surface area is 115 Å². The number of halogens is 1. The van der Waals surface area contributed by atoms with Crippen molar-refractivity contribution in [2.45, 2.75) is 26.3 Å². The summed E-state index contributed by atoms with van der Waals surface area (Å²) >= 11 is 3.44. The van der Waals surface area contributed by atoms with Crippen LogP contribution in [-0.4, -0.2) is 25.3 Å². The van der Waals surface area contributed by atoms with Crippen molar-refractivity contribution in [3.63, 3.8) is 0 Å². The molecule has 1 aromatic carbocycles. The molecule has 1 saturated heterocycles. The van der Waals surface area contributed by atoms with Crippen LogP contribution in [0.15, 0.2) is 16.6 Å². The van der Waals surface area contributed by atoms with Crippen molar-refractivity contribution in [2.75, 3.05) is 18.5 Å². The molecule has 4 nitrogen and oxygen atoms in total. The third kappa shape index (κ3) is 3.23. The van der Waals surface area contributed by atoms with Gasteiger partial charge in [-0.1, -0.05) is 15.9 Å². The van der Waals surface area contributed by atoms with E-state index in [2.05, 4.69) is 26.6 Å². The minimum Gasteiger partial charge on any atom is -0.379 e. The number of carbonyl (C=O) groups excluding carboxylic acids is 1. The summed E-state index contributed by atoms with van der Waals surface area (Å²) in [5.41, 5.74) is 2.95. The minimum absolute atomic E-state index is 0.126. The number of hydrogen-bond acceptors (Lipinski definition) is 2. The number of aryl methyl sites for hydroxylation is 2. The summed E-state index contributed by atoms with van der Waals surface area (Å²) in [4.78, 5) is 11.9. The highest BCUT2D eigenvalue weighted by atomic mass is 79.9. The molecule has 1 unspecified atom stereocenters. The summed E-state index contributed by atoms with van der Waals surface area (Å²) in [5, 5.41) is 5.82. The van der Waals surface area contributed by atoms with Crippen molar-refractivity contribution in [3.05, 3.63) is 27.7 Å². The summed E-state index contributed by atoms with van der Waals surface area (Å²) < 4.78 is 6.24. The first kappa shape index (κ1) is 13.4. The predicted molar refractivity (Wildman–Crippen MR) is 75.0 cm³/mol. The van der Waals surface area contributed by atoms with Gasteiger partial charge in [0.2, 0.25) is 0 Å². The highest BCUT2D eigenvalue weighted by Gasteiger charge is 2.18. The summed E-state index contributed by atoms with van der Waals surface area (Å²) in [6.45, 7) is 5.28. The second-order valence-corrected chi connectivity index (χ2v) is 5.49. The first-order valence-corrected chi connectivity index (χ1v) is 6.77. The molecular weight excluding hydrogens is 296 g/mol. The van der Waals surface area contributed by atoms with E-state index < -0.39 is 0 Å². The van der Waals surface area contributed by atoms with E-state index in [0.29, 0.717) is 6.61 Å². The number of urea groups is 1. The van der Waals surface area contributed by atoms with Crippen molar-refractivity contribution in [2.24, 2.45) is 0 Å². The Balaban J connectivity index is 2.02. The van der Waals surface area contributed by atoms with Gasteiger partial charge in [0.25, 0.3) is 0 Å². The molecule has 0 bridgehead atoms. The number of carbonyl (C=O) groups is 1. The van der Waals surface area contributed by atoms with Gasteiger partial charge < -0.3 is 15.4 Å². The van der Waals surface area contributed by atoms with E-state index in [1.807, 2.05) is 26.0 Å². The molecular formula is C13H17BrN2O2. The Kier molecular flexibility index (Phi) is 4.24. The summed E-state index contributed by atoms with van der Waals surface area (Å²) in [6, 6.07) is 3.93. The molecule has 18 heavy (non-hydrogen) atoms. The highest BCUT2D eigenvalue weighted by Crippen LogP contribution is 2.25. The maximum absolute atomic E-state index is 11.9. The van der Waals surface area contributed by atoms with Gasteiger partial charge in [0, 0.05) is 16.8 Å². The standard InChI is InChI=1S/C13H17BrN2O2/c1-8-5-10(14)6-9(2)12(8)16-13(17)15-11-3-4-18-7-11/h5-6,11H,3-4,7H2,1-2H3,(H2,15,16,17). The number of benzene rings is 1. The first-order chi connectivity index (χ1) is 8.56. The van der Waals surface area contributed by atoms with Crippen molar-refractivity contribution in [1.29, 1.82) is 0 Å². The van der Waals surface area contributed by atoms with Crippen LogP contribution in [0.2, 0.25) is 0 Å². The molecule has 1 aromatic rings. The van der Waals surface area contributed by atoms with Crippen LogP contribution >= 0.6 is 15.9 Å². The van der Waals surface area contributed by atoms with Crippen LogP contribution in [0.5, 0.6) is 0 Å². The molecule has 1 aliphatic heterocycles. The molecule has 2 rings (SSSR count). The third-order valence-electron chi connectivity index (χ3n) is 3.00. The lowest BCUT2D eigenvalue weighted by Crippen LogP contribution is -2.38. The zero-order chi connectivity index (χ0) is 13.1. The highest BCUT2D eigenvalue weighted by molar-refractivity contribution is 9.10. The lowest BCUT2D eigenvalue weighted by atomic mass is 10.1. The lowest BCUT2D eigenvalue weighted by Gasteiger charge is -2.15. The van der Waals surface area contributed by atoms with Gasteiger partial charge in [-0.05, 0) is 43.5 Å². The fourth-order valence-electron chi connectivity index (χ4n) is 2.09. The second kappa shape index (κ2) is 5.71. The quantitative estimate of drug-likeness (QED) is 0.882. The number of anilines is 1.